The summed E-state index contributed by atoms with van der Waals surface area (Å²) in [5, 5.41) is 18.3. The molecule has 2 aliphatic carbocycles. The number of rotatable bonds is 5. The average molecular weight is 356 g/mol. The van der Waals surface area contributed by atoms with Gasteiger partial charge in [-0.05, 0) is 50.5 Å². The monoisotopic (exact) mass is 356 g/mol. The molecule has 2 aromatic heterocycles. The van der Waals surface area contributed by atoms with Gasteiger partial charge in [-0.25, -0.2) is 0 Å². The van der Waals surface area contributed by atoms with Crippen molar-refractivity contribution in [2.45, 2.75) is 56.9 Å². The maximum atomic E-state index is 12.7. The van der Waals surface area contributed by atoms with Gasteiger partial charge in [0.1, 0.15) is 6.04 Å². The fraction of sp³-hybridized carbons (Fsp3) is 0.667. The molecular weight excluding hydrogens is 332 g/mol. The summed E-state index contributed by atoms with van der Waals surface area (Å²) < 4.78 is 5.75. The van der Waals surface area contributed by atoms with Gasteiger partial charge in [0, 0.05) is 31.1 Å². The second kappa shape index (κ2) is 5.82. The van der Waals surface area contributed by atoms with Crippen LogP contribution in [0.25, 0.3) is 0 Å². The third-order valence-electron chi connectivity index (χ3n) is 6.25. The lowest BCUT2D eigenvalue weighted by Crippen LogP contribution is -2.45. The summed E-state index contributed by atoms with van der Waals surface area (Å²) in [4.78, 5) is 14.6. The van der Waals surface area contributed by atoms with Crippen molar-refractivity contribution in [3.63, 3.8) is 0 Å². The molecule has 0 radical (unpaired) electrons. The molecule has 0 aromatic carbocycles. The summed E-state index contributed by atoms with van der Waals surface area (Å²) in [6, 6.07) is 1.94. The Labute approximate surface area is 151 Å². The summed E-state index contributed by atoms with van der Waals surface area (Å²) in [7, 11) is 0. The summed E-state index contributed by atoms with van der Waals surface area (Å²) in [5.74, 6) is 1.30. The number of carbonyl (C=O) groups is 1. The minimum Gasteiger partial charge on any atom is -0.408 e. The molecule has 3 heterocycles. The number of H-pyrrole nitrogens is 1. The van der Waals surface area contributed by atoms with Crippen LogP contribution in [0.3, 0.4) is 0 Å². The smallest absolute Gasteiger partial charge is 0.316 e. The van der Waals surface area contributed by atoms with E-state index in [1.54, 1.807) is 0 Å². The Morgan fingerprint density at radius 2 is 2.12 bits per heavy atom. The fourth-order valence-electron chi connectivity index (χ4n) is 4.11. The Kier molecular flexibility index (Phi) is 3.55. The number of carbonyl (C=O) groups excluding carboxylic acids is 1. The molecule has 2 saturated carbocycles. The highest BCUT2D eigenvalue weighted by Gasteiger charge is 2.46. The van der Waals surface area contributed by atoms with Gasteiger partial charge in [0.05, 0.1) is 5.69 Å². The van der Waals surface area contributed by atoms with E-state index >= 15 is 0 Å². The van der Waals surface area contributed by atoms with Crippen LogP contribution in [0.1, 0.15) is 62.4 Å². The Bertz CT molecular complexity index is 786. The molecule has 1 unspecified atom stereocenters. The van der Waals surface area contributed by atoms with E-state index in [4.69, 9.17) is 4.42 Å². The Hall–Kier alpha value is -2.38. The van der Waals surface area contributed by atoms with Gasteiger partial charge >= 0.3 is 6.01 Å². The first-order valence-electron chi connectivity index (χ1n) is 9.52. The van der Waals surface area contributed by atoms with Gasteiger partial charge in [-0.2, -0.15) is 5.10 Å². The van der Waals surface area contributed by atoms with Gasteiger partial charge in [0.15, 0.2) is 0 Å². The van der Waals surface area contributed by atoms with E-state index < -0.39 is 0 Å². The van der Waals surface area contributed by atoms with Crippen LogP contribution in [0.5, 0.6) is 0 Å². The number of nitrogens with one attached hydrogen (secondary N) is 2. The third-order valence-corrected chi connectivity index (χ3v) is 6.25. The molecule has 3 fully saturated rings. The minimum absolute atomic E-state index is 0.112. The molecule has 1 amide bonds. The number of hydrogen-bond donors (Lipinski definition) is 2. The van der Waals surface area contributed by atoms with E-state index in [1.807, 2.05) is 24.1 Å². The number of aromatic nitrogens is 4. The largest absolute Gasteiger partial charge is 0.408 e. The highest BCUT2D eigenvalue weighted by atomic mass is 16.4. The third kappa shape index (κ3) is 2.87. The SMILES string of the molecule is C[C@@H](Nc1nnc(C2C[C@@H]2c2cc[nH]n2)o1)C(=O)N1CCC2(CC1)CC2. The topological polar surface area (TPSA) is 99.9 Å². The minimum atomic E-state index is -0.363. The van der Waals surface area contributed by atoms with Crippen molar-refractivity contribution < 1.29 is 9.21 Å². The molecule has 3 aliphatic rings. The molecule has 8 heteroatoms. The lowest BCUT2D eigenvalue weighted by molar-refractivity contribution is -0.133. The van der Waals surface area contributed by atoms with Gasteiger partial charge < -0.3 is 14.6 Å². The Morgan fingerprint density at radius 1 is 1.31 bits per heavy atom. The number of anilines is 1. The lowest BCUT2D eigenvalue weighted by Gasteiger charge is -2.33. The van der Waals surface area contributed by atoms with Gasteiger partial charge in [0.2, 0.25) is 11.8 Å². The summed E-state index contributed by atoms with van der Waals surface area (Å²) in [5.41, 5.74) is 1.61. The van der Waals surface area contributed by atoms with Gasteiger partial charge in [0.25, 0.3) is 0 Å². The van der Waals surface area contributed by atoms with Gasteiger partial charge in [-0.15, -0.1) is 5.10 Å². The second-order valence-corrected chi connectivity index (χ2v) is 8.08. The first-order valence-corrected chi connectivity index (χ1v) is 9.52. The molecule has 138 valence electrons. The number of aromatic amines is 1. The molecule has 0 bridgehead atoms. The van der Waals surface area contributed by atoms with Crippen LogP contribution in [0.4, 0.5) is 6.01 Å². The predicted molar refractivity (Wildman–Crippen MR) is 93.6 cm³/mol. The van der Waals surface area contributed by atoms with E-state index in [0.717, 1.165) is 38.0 Å². The van der Waals surface area contributed by atoms with Crippen LogP contribution in [0, 0.1) is 5.41 Å². The molecule has 26 heavy (non-hydrogen) atoms. The van der Waals surface area contributed by atoms with Crippen molar-refractivity contribution in [3.8, 4) is 0 Å². The van der Waals surface area contributed by atoms with Crippen LogP contribution in [-0.4, -0.2) is 50.3 Å². The quantitative estimate of drug-likeness (QED) is 0.852. The molecule has 1 saturated heterocycles. The van der Waals surface area contributed by atoms with Crippen LogP contribution in [0.15, 0.2) is 16.7 Å². The Morgan fingerprint density at radius 3 is 2.81 bits per heavy atom. The molecule has 5 rings (SSSR count). The van der Waals surface area contributed by atoms with E-state index in [2.05, 4.69) is 25.7 Å². The number of piperidine rings is 1. The number of likely N-dealkylation sites (tertiary alicyclic amines) is 1. The first kappa shape index (κ1) is 15.8. The Balaban J connectivity index is 1.16. The predicted octanol–water partition coefficient (Wildman–Crippen LogP) is 2.27. The number of nitrogens with zero attached hydrogens (tertiary/aromatic N) is 4. The number of hydrogen-bond acceptors (Lipinski definition) is 6. The summed E-state index contributed by atoms with van der Waals surface area (Å²) in [6.07, 6.45) is 7.77. The van der Waals surface area contributed by atoms with Crippen molar-refractivity contribution in [1.29, 1.82) is 0 Å². The molecule has 8 nitrogen and oxygen atoms in total. The fourth-order valence-corrected chi connectivity index (χ4v) is 4.11. The van der Waals surface area contributed by atoms with Crippen molar-refractivity contribution >= 4 is 11.9 Å². The number of amides is 1. The van der Waals surface area contributed by atoms with Crippen LogP contribution in [-0.2, 0) is 4.79 Å². The zero-order valence-electron chi connectivity index (χ0n) is 14.9. The zero-order valence-corrected chi connectivity index (χ0v) is 14.9. The normalized spacial score (nSPS) is 27.3. The lowest BCUT2D eigenvalue weighted by atomic mass is 9.93. The van der Waals surface area contributed by atoms with E-state index in [1.165, 1.54) is 12.8 Å². The highest BCUT2D eigenvalue weighted by Crippen LogP contribution is 2.54. The van der Waals surface area contributed by atoms with E-state index in [9.17, 15) is 4.79 Å². The first-order chi connectivity index (χ1) is 12.6. The maximum Gasteiger partial charge on any atom is 0.316 e. The van der Waals surface area contributed by atoms with Crippen LogP contribution < -0.4 is 5.32 Å². The second-order valence-electron chi connectivity index (χ2n) is 8.08. The van der Waals surface area contributed by atoms with Crippen molar-refractivity contribution in [3.05, 3.63) is 23.8 Å². The zero-order chi connectivity index (χ0) is 17.7. The molecular formula is C18H24N6O2. The van der Waals surface area contributed by atoms with E-state index in [-0.39, 0.29) is 17.9 Å². The highest BCUT2D eigenvalue weighted by molar-refractivity contribution is 5.83. The van der Waals surface area contributed by atoms with Crippen molar-refractivity contribution in [1.82, 2.24) is 25.3 Å². The van der Waals surface area contributed by atoms with Crippen LogP contribution in [0.2, 0.25) is 0 Å². The van der Waals surface area contributed by atoms with Crippen LogP contribution >= 0.6 is 0 Å². The molecule has 1 aliphatic heterocycles. The average Bonchev–Trinajstić information content (AvgIpc) is 3.48. The molecule has 3 atom stereocenters. The van der Waals surface area contributed by atoms with Gasteiger partial charge in [-0.1, -0.05) is 5.10 Å². The summed E-state index contributed by atoms with van der Waals surface area (Å²) >= 11 is 0. The van der Waals surface area contributed by atoms with Crippen molar-refractivity contribution in [2.75, 3.05) is 18.4 Å². The van der Waals surface area contributed by atoms with Gasteiger partial charge in [-0.3, -0.25) is 9.89 Å². The standard InChI is InChI=1S/C18H24N6O2/c1-11(16(25)24-8-5-18(3-4-18)6-9-24)20-17-23-22-15(26-17)13-10-12(13)14-2-7-19-21-14/h2,7,11-13H,3-6,8-10H2,1H3,(H,19,21)(H,20,23)/t11-,12+,13?/m1/s1. The van der Waals surface area contributed by atoms with E-state index in [0.29, 0.717) is 23.2 Å². The molecule has 2 aromatic rings. The maximum absolute atomic E-state index is 12.7. The summed E-state index contributed by atoms with van der Waals surface area (Å²) in [6.45, 7) is 3.60. The molecule has 1 spiro atoms. The van der Waals surface area contributed by atoms with Crippen molar-refractivity contribution in [2.24, 2.45) is 5.41 Å². The molecule has 2 N–H and O–H groups in total.